The normalized spacial score (nSPS) is 10.2. The molecule has 0 unspecified atom stereocenters. The number of halogens is 2. The van der Waals surface area contributed by atoms with Crippen molar-refractivity contribution in [1.29, 1.82) is 0 Å². The van der Waals surface area contributed by atoms with Crippen LogP contribution in [-0.2, 0) is 0 Å². The molecule has 98 valence electrons. The van der Waals surface area contributed by atoms with Crippen LogP contribution in [0.3, 0.4) is 0 Å². The number of carboxylic acid groups (broad SMARTS) is 1. The summed E-state index contributed by atoms with van der Waals surface area (Å²) in [7, 11) is 0. The van der Waals surface area contributed by atoms with Crippen molar-refractivity contribution < 1.29 is 19.1 Å². The predicted octanol–water partition coefficient (Wildman–Crippen LogP) is 3.65. The molecule has 0 radical (unpaired) electrons. The van der Waals surface area contributed by atoms with E-state index in [1.807, 2.05) is 0 Å². The molecule has 0 aliphatic carbocycles. The molecule has 2 aromatic rings. The van der Waals surface area contributed by atoms with E-state index in [9.17, 15) is 9.59 Å². The fraction of sp³-hybridized carbons (Fsp3) is 0. The van der Waals surface area contributed by atoms with Crippen LogP contribution in [0.2, 0.25) is 5.02 Å². The van der Waals surface area contributed by atoms with E-state index in [1.165, 1.54) is 0 Å². The van der Waals surface area contributed by atoms with Crippen LogP contribution in [0.15, 0.2) is 39.4 Å². The van der Waals surface area contributed by atoms with Gasteiger partial charge in [0.25, 0.3) is 5.91 Å². The lowest BCUT2D eigenvalue weighted by atomic mass is 10.3. The lowest BCUT2D eigenvalue weighted by Crippen LogP contribution is -2.11. The van der Waals surface area contributed by atoms with Gasteiger partial charge in [0.2, 0.25) is 0 Å². The molecule has 5 nitrogen and oxygen atoms in total. The van der Waals surface area contributed by atoms with Gasteiger partial charge in [-0.15, -0.1) is 0 Å². The first kappa shape index (κ1) is 13.6. The topological polar surface area (TPSA) is 79.5 Å². The number of carbonyl (C=O) groups is 2. The number of furan rings is 1. The number of carbonyl (C=O) groups excluding carboxylic acids is 1. The summed E-state index contributed by atoms with van der Waals surface area (Å²) in [6, 6.07) is 6.10. The molecule has 1 aromatic carbocycles. The Balaban J connectivity index is 2.18. The molecule has 0 bridgehead atoms. The quantitative estimate of drug-likeness (QED) is 0.891. The Hall–Kier alpha value is -1.79. The molecular formula is C12H7BrClNO4. The second-order valence-corrected chi connectivity index (χ2v) is 4.91. The zero-order valence-electron chi connectivity index (χ0n) is 9.31. The number of hydrogen-bond donors (Lipinski definition) is 2. The standard InChI is InChI=1S/C12H7BrClNO4/c13-7-1-2-9(8(14)4-7)15-11(16)10-3-6(5-19-10)12(17)18/h1-5H,(H,15,16)(H,17,18). The van der Waals surface area contributed by atoms with Crippen molar-refractivity contribution in [3.63, 3.8) is 0 Å². The maximum absolute atomic E-state index is 11.8. The Bertz CT molecular complexity index is 653. The third-order valence-electron chi connectivity index (χ3n) is 2.25. The molecular weight excluding hydrogens is 337 g/mol. The molecule has 0 aliphatic heterocycles. The highest BCUT2D eigenvalue weighted by Gasteiger charge is 2.15. The summed E-state index contributed by atoms with van der Waals surface area (Å²) in [4.78, 5) is 22.5. The SMILES string of the molecule is O=C(O)c1coc(C(=O)Nc2ccc(Br)cc2Cl)c1. The number of rotatable bonds is 3. The van der Waals surface area contributed by atoms with Crippen LogP contribution in [0.5, 0.6) is 0 Å². The molecule has 1 heterocycles. The van der Waals surface area contributed by atoms with Gasteiger partial charge in [-0.3, -0.25) is 4.79 Å². The highest BCUT2D eigenvalue weighted by molar-refractivity contribution is 9.10. The van der Waals surface area contributed by atoms with E-state index < -0.39 is 11.9 Å². The predicted molar refractivity (Wildman–Crippen MR) is 72.8 cm³/mol. The number of anilines is 1. The number of nitrogens with one attached hydrogen (secondary N) is 1. The van der Waals surface area contributed by atoms with Crippen LogP contribution < -0.4 is 5.32 Å². The molecule has 2 N–H and O–H groups in total. The van der Waals surface area contributed by atoms with Gasteiger partial charge >= 0.3 is 5.97 Å². The minimum Gasteiger partial charge on any atom is -0.478 e. The molecule has 0 saturated carbocycles. The van der Waals surface area contributed by atoms with Crippen molar-refractivity contribution in [3.05, 3.63) is 51.3 Å². The van der Waals surface area contributed by atoms with Crippen molar-refractivity contribution >= 4 is 45.1 Å². The Morgan fingerprint density at radius 3 is 2.63 bits per heavy atom. The Kier molecular flexibility index (Phi) is 3.92. The molecule has 0 saturated heterocycles. The van der Waals surface area contributed by atoms with Gasteiger partial charge < -0.3 is 14.8 Å². The van der Waals surface area contributed by atoms with Gasteiger partial charge in [0.05, 0.1) is 16.3 Å². The molecule has 0 fully saturated rings. The monoisotopic (exact) mass is 343 g/mol. The summed E-state index contributed by atoms with van der Waals surface area (Å²) in [5.74, 6) is -1.84. The maximum atomic E-state index is 11.8. The van der Waals surface area contributed by atoms with Crippen LogP contribution in [0, 0.1) is 0 Å². The van der Waals surface area contributed by atoms with E-state index in [1.54, 1.807) is 18.2 Å². The maximum Gasteiger partial charge on any atom is 0.338 e. The van der Waals surface area contributed by atoms with E-state index in [0.717, 1.165) is 16.8 Å². The average Bonchev–Trinajstić information content (AvgIpc) is 2.82. The average molecular weight is 345 g/mol. The Morgan fingerprint density at radius 2 is 2.05 bits per heavy atom. The summed E-state index contributed by atoms with van der Waals surface area (Å²) >= 11 is 9.19. The van der Waals surface area contributed by atoms with Gasteiger partial charge in [-0.1, -0.05) is 27.5 Å². The number of aromatic carboxylic acids is 1. The van der Waals surface area contributed by atoms with Gasteiger partial charge in [-0.25, -0.2) is 4.79 Å². The summed E-state index contributed by atoms with van der Waals surface area (Å²) in [5.41, 5.74) is 0.315. The number of hydrogen-bond acceptors (Lipinski definition) is 3. The molecule has 1 aromatic heterocycles. The number of benzene rings is 1. The van der Waals surface area contributed by atoms with Crippen molar-refractivity contribution in [3.8, 4) is 0 Å². The van der Waals surface area contributed by atoms with E-state index in [0.29, 0.717) is 10.7 Å². The summed E-state index contributed by atoms with van der Waals surface area (Å²) in [5, 5.41) is 11.6. The molecule has 7 heteroatoms. The van der Waals surface area contributed by atoms with E-state index in [2.05, 4.69) is 21.2 Å². The first-order valence-electron chi connectivity index (χ1n) is 5.05. The highest BCUT2D eigenvalue weighted by atomic mass is 79.9. The molecule has 0 atom stereocenters. The molecule has 2 rings (SSSR count). The third-order valence-corrected chi connectivity index (χ3v) is 3.06. The molecule has 19 heavy (non-hydrogen) atoms. The highest BCUT2D eigenvalue weighted by Crippen LogP contribution is 2.26. The van der Waals surface area contributed by atoms with Gasteiger partial charge in [0.1, 0.15) is 6.26 Å². The van der Waals surface area contributed by atoms with Gasteiger partial charge in [-0.05, 0) is 18.2 Å². The lowest BCUT2D eigenvalue weighted by molar-refractivity contribution is 0.0696. The smallest absolute Gasteiger partial charge is 0.338 e. The number of carboxylic acids is 1. The Morgan fingerprint density at radius 1 is 1.32 bits per heavy atom. The van der Waals surface area contributed by atoms with Crippen molar-refractivity contribution in [1.82, 2.24) is 0 Å². The minimum absolute atomic E-state index is 0.0907. The summed E-state index contributed by atoms with van der Waals surface area (Å²) in [6.07, 6.45) is 1.00. The fourth-order valence-electron chi connectivity index (χ4n) is 1.34. The van der Waals surface area contributed by atoms with Crippen LogP contribution in [0.4, 0.5) is 5.69 Å². The zero-order valence-corrected chi connectivity index (χ0v) is 11.7. The zero-order chi connectivity index (χ0) is 14.0. The van der Waals surface area contributed by atoms with Crippen molar-refractivity contribution in [2.45, 2.75) is 0 Å². The first-order valence-corrected chi connectivity index (χ1v) is 6.22. The first-order chi connectivity index (χ1) is 8.97. The van der Waals surface area contributed by atoms with Crippen LogP contribution in [0.25, 0.3) is 0 Å². The van der Waals surface area contributed by atoms with Crippen molar-refractivity contribution in [2.24, 2.45) is 0 Å². The number of amides is 1. The lowest BCUT2D eigenvalue weighted by Gasteiger charge is -2.05. The summed E-state index contributed by atoms with van der Waals surface area (Å²) < 4.78 is 5.66. The Labute approximate surface area is 121 Å². The third kappa shape index (κ3) is 3.15. The van der Waals surface area contributed by atoms with Crippen molar-refractivity contribution in [2.75, 3.05) is 5.32 Å². The van der Waals surface area contributed by atoms with Crippen LogP contribution in [0.1, 0.15) is 20.9 Å². The fourth-order valence-corrected chi connectivity index (χ4v) is 2.06. The van der Waals surface area contributed by atoms with Gasteiger partial charge in [0.15, 0.2) is 5.76 Å². The second-order valence-electron chi connectivity index (χ2n) is 3.58. The van der Waals surface area contributed by atoms with Gasteiger partial charge in [-0.2, -0.15) is 0 Å². The largest absolute Gasteiger partial charge is 0.478 e. The van der Waals surface area contributed by atoms with E-state index >= 15 is 0 Å². The molecule has 0 aliphatic rings. The minimum atomic E-state index is -1.16. The van der Waals surface area contributed by atoms with Crippen LogP contribution >= 0.6 is 27.5 Å². The molecule has 1 amide bonds. The van der Waals surface area contributed by atoms with E-state index in [-0.39, 0.29) is 11.3 Å². The summed E-state index contributed by atoms with van der Waals surface area (Å²) in [6.45, 7) is 0. The van der Waals surface area contributed by atoms with E-state index in [4.69, 9.17) is 21.1 Å². The van der Waals surface area contributed by atoms with Crippen LogP contribution in [-0.4, -0.2) is 17.0 Å². The second kappa shape index (κ2) is 5.46. The van der Waals surface area contributed by atoms with Gasteiger partial charge in [0, 0.05) is 10.5 Å². The molecule has 0 spiro atoms.